The molecule has 1 aliphatic rings. The molecule has 1 heterocycles. The first-order chi connectivity index (χ1) is 7.73. The monoisotopic (exact) mass is 266 g/mol. The second-order valence-corrected chi connectivity index (χ2v) is 4.06. The summed E-state index contributed by atoms with van der Waals surface area (Å²) >= 11 is 5.61. The van der Waals surface area contributed by atoms with Gasteiger partial charge in [-0.3, -0.25) is 4.79 Å². The van der Waals surface area contributed by atoms with Gasteiger partial charge in [-0.2, -0.15) is 13.2 Å². The largest absolute Gasteiger partial charge is 0.455 e. The lowest BCUT2D eigenvalue weighted by Gasteiger charge is -2.34. The summed E-state index contributed by atoms with van der Waals surface area (Å²) in [5.74, 6) is -4.66. The van der Waals surface area contributed by atoms with Gasteiger partial charge in [-0.15, -0.1) is 0 Å². The molecule has 1 atom stereocenters. The molecule has 2 rings (SSSR count). The summed E-state index contributed by atoms with van der Waals surface area (Å²) in [4.78, 5) is 11.5. The highest BCUT2D eigenvalue weighted by Crippen LogP contribution is 2.41. The molecule has 7 heteroatoms. The SMILES string of the molecule is O=C1C[C@@](O)(C(F)(F)F)Oc2ccc(Cl)cc21. The maximum absolute atomic E-state index is 12.5. The van der Waals surface area contributed by atoms with Crippen LogP contribution in [0.3, 0.4) is 0 Å². The summed E-state index contributed by atoms with van der Waals surface area (Å²) in [6.45, 7) is 0. The van der Waals surface area contributed by atoms with E-state index in [1.807, 2.05) is 0 Å². The minimum Gasteiger partial charge on any atom is -0.452 e. The Morgan fingerprint density at radius 3 is 2.65 bits per heavy atom. The third kappa shape index (κ3) is 1.98. The van der Waals surface area contributed by atoms with Crippen molar-refractivity contribution in [2.45, 2.75) is 18.4 Å². The first-order valence-electron chi connectivity index (χ1n) is 4.54. The molecule has 0 saturated carbocycles. The van der Waals surface area contributed by atoms with E-state index in [9.17, 15) is 23.1 Å². The zero-order valence-corrected chi connectivity index (χ0v) is 8.97. The van der Waals surface area contributed by atoms with Crippen LogP contribution in [0.25, 0.3) is 0 Å². The summed E-state index contributed by atoms with van der Waals surface area (Å²) in [5.41, 5.74) is -0.0635. The number of benzene rings is 1. The Labute approximate surface area is 98.8 Å². The van der Waals surface area contributed by atoms with Gasteiger partial charge in [0.25, 0.3) is 0 Å². The third-order valence-corrected chi connectivity index (χ3v) is 2.60. The molecular weight excluding hydrogens is 261 g/mol. The minimum absolute atomic E-state index is 0.0635. The number of ketones is 1. The van der Waals surface area contributed by atoms with Gasteiger partial charge < -0.3 is 9.84 Å². The normalized spacial score (nSPS) is 24.2. The second kappa shape index (κ2) is 3.61. The van der Waals surface area contributed by atoms with Gasteiger partial charge in [0.05, 0.1) is 12.0 Å². The van der Waals surface area contributed by atoms with Gasteiger partial charge in [0.15, 0.2) is 5.78 Å². The van der Waals surface area contributed by atoms with Gasteiger partial charge in [0.2, 0.25) is 0 Å². The van der Waals surface area contributed by atoms with Crippen molar-refractivity contribution in [3.63, 3.8) is 0 Å². The number of ether oxygens (including phenoxy) is 1. The molecule has 0 amide bonds. The standard InChI is InChI=1S/C10H6ClF3O3/c11-5-1-2-8-6(3-5)7(15)4-9(16,17-8)10(12,13)14/h1-3,16H,4H2/t9-/m0/s1. The number of fused-ring (bicyclic) bond motifs is 1. The molecule has 92 valence electrons. The Bertz CT molecular complexity index is 486. The third-order valence-electron chi connectivity index (χ3n) is 2.36. The van der Waals surface area contributed by atoms with Crippen molar-refractivity contribution in [2.75, 3.05) is 0 Å². The molecule has 0 spiro atoms. The average molecular weight is 267 g/mol. The summed E-state index contributed by atoms with van der Waals surface area (Å²) in [5, 5.41) is 9.50. The number of rotatable bonds is 0. The predicted octanol–water partition coefficient (Wildman–Crippen LogP) is 2.56. The number of carbonyl (C=O) groups excluding carboxylic acids is 1. The lowest BCUT2D eigenvalue weighted by Crippen LogP contribution is -2.53. The van der Waals surface area contributed by atoms with Crippen LogP contribution in [0.5, 0.6) is 5.75 Å². The molecule has 3 nitrogen and oxygen atoms in total. The molecule has 0 unspecified atom stereocenters. The van der Waals surface area contributed by atoms with Gasteiger partial charge in [-0.1, -0.05) is 11.6 Å². The fourth-order valence-electron chi connectivity index (χ4n) is 1.50. The van der Waals surface area contributed by atoms with E-state index in [2.05, 4.69) is 4.74 Å². The van der Waals surface area contributed by atoms with E-state index in [1.54, 1.807) is 0 Å². The molecule has 0 aliphatic carbocycles. The van der Waals surface area contributed by atoms with E-state index in [0.717, 1.165) is 6.07 Å². The molecule has 1 aromatic carbocycles. The Morgan fingerprint density at radius 1 is 1.41 bits per heavy atom. The van der Waals surface area contributed by atoms with Crippen molar-refractivity contribution < 1.29 is 27.8 Å². The van der Waals surface area contributed by atoms with Crippen LogP contribution in [-0.4, -0.2) is 22.9 Å². The molecule has 17 heavy (non-hydrogen) atoms. The van der Waals surface area contributed by atoms with Crippen LogP contribution in [0, 0.1) is 0 Å². The lowest BCUT2D eigenvalue weighted by atomic mass is 9.98. The summed E-state index contributed by atoms with van der Waals surface area (Å²) in [6, 6.07) is 3.59. The van der Waals surface area contributed by atoms with Crippen molar-refractivity contribution in [1.82, 2.24) is 0 Å². The Balaban J connectivity index is 2.47. The molecule has 0 aromatic heterocycles. The maximum Gasteiger partial charge on any atom is 0.455 e. The van der Waals surface area contributed by atoms with E-state index < -0.39 is 24.2 Å². The molecular formula is C10H6ClF3O3. The molecule has 0 bridgehead atoms. The molecule has 1 aromatic rings. The number of halogens is 4. The first-order valence-corrected chi connectivity index (χ1v) is 4.92. The van der Waals surface area contributed by atoms with Crippen LogP contribution in [0.2, 0.25) is 5.02 Å². The topological polar surface area (TPSA) is 46.5 Å². The van der Waals surface area contributed by atoms with Crippen molar-refractivity contribution in [3.8, 4) is 5.75 Å². The predicted molar refractivity (Wildman–Crippen MR) is 52.0 cm³/mol. The van der Waals surface area contributed by atoms with Crippen LogP contribution in [0.4, 0.5) is 13.2 Å². The molecule has 0 fully saturated rings. The highest BCUT2D eigenvalue weighted by atomic mass is 35.5. The smallest absolute Gasteiger partial charge is 0.452 e. The molecule has 1 aliphatic heterocycles. The number of Topliss-reactive ketones (excluding diaryl/α,β-unsaturated/α-hetero) is 1. The van der Waals surface area contributed by atoms with Crippen molar-refractivity contribution in [2.24, 2.45) is 0 Å². The zero-order chi connectivity index (χ0) is 12.8. The van der Waals surface area contributed by atoms with Crippen LogP contribution in [0.1, 0.15) is 16.8 Å². The molecule has 1 N–H and O–H groups in total. The summed E-state index contributed by atoms with van der Waals surface area (Å²) < 4.78 is 42.0. The van der Waals surface area contributed by atoms with Crippen molar-refractivity contribution >= 4 is 17.4 Å². The van der Waals surface area contributed by atoms with E-state index >= 15 is 0 Å². The van der Waals surface area contributed by atoms with E-state index in [0.29, 0.717) is 0 Å². The number of carbonyl (C=O) groups is 1. The fraction of sp³-hybridized carbons (Fsp3) is 0.300. The Hall–Kier alpha value is -1.27. The number of hydrogen-bond acceptors (Lipinski definition) is 3. The minimum atomic E-state index is -5.04. The first kappa shape index (κ1) is 12.2. The van der Waals surface area contributed by atoms with E-state index in [1.165, 1.54) is 12.1 Å². The van der Waals surface area contributed by atoms with Crippen LogP contribution < -0.4 is 4.74 Å². The quantitative estimate of drug-likeness (QED) is 0.785. The number of hydrogen-bond donors (Lipinski definition) is 1. The van der Waals surface area contributed by atoms with Crippen molar-refractivity contribution in [3.05, 3.63) is 28.8 Å². The highest BCUT2D eigenvalue weighted by Gasteiger charge is 2.59. The number of alkyl halides is 3. The Morgan fingerprint density at radius 2 is 2.06 bits per heavy atom. The maximum atomic E-state index is 12.5. The van der Waals surface area contributed by atoms with Gasteiger partial charge in [0, 0.05) is 5.02 Å². The van der Waals surface area contributed by atoms with Crippen LogP contribution in [0.15, 0.2) is 18.2 Å². The van der Waals surface area contributed by atoms with Gasteiger partial charge in [-0.25, -0.2) is 0 Å². The second-order valence-electron chi connectivity index (χ2n) is 3.62. The number of aliphatic hydroxyl groups is 1. The summed E-state index contributed by atoms with van der Waals surface area (Å²) in [7, 11) is 0. The highest BCUT2D eigenvalue weighted by molar-refractivity contribution is 6.31. The molecule has 0 radical (unpaired) electrons. The van der Waals surface area contributed by atoms with Crippen LogP contribution in [-0.2, 0) is 0 Å². The fourth-order valence-corrected chi connectivity index (χ4v) is 1.67. The van der Waals surface area contributed by atoms with Gasteiger partial charge in [-0.05, 0) is 18.2 Å². The van der Waals surface area contributed by atoms with E-state index in [4.69, 9.17) is 11.6 Å². The van der Waals surface area contributed by atoms with E-state index in [-0.39, 0.29) is 16.3 Å². The average Bonchev–Trinajstić information content (AvgIpc) is 2.17. The Kier molecular flexibility index (Phi) is 2.59. The molecule has 0 saturated heterocycles. The van der Waals surface area contributed by atoms with Crippen LogP contribution >= 0.6 is 11.6 Å². The van der Waals surface area contributed by atoms with Gasteiger partial charge in [0.1, 0.15) is 5.75 Å². The zero-order valence-electron chi connectivity index (χ0n) is 8.21. The van der Waals surface area contributed by atoms with Crippen molar-refractivity contribution in [1.29, 1.82) is 0 Å². The lowest BCUT2D eigenvalue weighted by molar-refractivity contribution is -0.334. The summed E-state index contributed by atoms with van der Waals surface area (Å²) in [6.07, 6.45) is -6.22. The van der Waals surface area contributed by atoms with Gasteiger partial charge >= 0.3 is 12.0 Å².